The highest BCUT2D eigenvalue weighted by molar-refractivity contribution is 6.32. The maximum absolute atomic E-state index is 13.1. The van der Waals surface area contributed by atoms with Crippen LogP contribution in [0.2, 0.25) is 5.02 Å². The molecule has 7 heteroatoms. The van der Waals surface area contributed by atoms with Crippen molar-refractivity contribution in [1.82, 2.24) is 0 Å². The molecule has 0 heterocycles. The molecule has 5 nitrogen and oxygen atoms in total. The fraction of sp³-hybridized carbons (Fsp3) is 0.240. The normalized spacial score (nSPS) is 10.7. The van der Waals surface area contributed by atoms with Crippen LogP contribution in [-0.2, 0) is 17.9 Å². The average Bonchev–Trinajstić information content (AvgIpc) is 2.78. The van der Waals surface area contributed by atoms with E-state index in [-0.39, 0.29) is 24.2 Å². The molecule has 0 aromatic heterocycles. The van der Waals surface area contributed by atoms with Crippen LogP contribution in [0.5, 0.6) is 11.5 Å². The second-order valence-electron chi connectivity index (χ2n) is 7.60. The number of ether oxygens (including phenoxy) is 2. The van der Waals surface area contributed by atoms with Crippen molar-refractivity contribution in [3.8, 4) is 11.5 Å². The Morgan fingerprint density at radius 2 is 1.66 bits per heavy atom. The quantitative estimate of drug-likeness (QED) is 0.398. The van der Waals surface area contributed by atoms with Crippen LogP contribution in [0.25, 0.3) is 0 Å². The summed E-state index contributed by atoms with van der Waals surface area (Å²) in [5, 5.41) is 6.61. The maximum atomic E-state index is 13.1. The molecule has 3 rings (SSSR count). The molecule has 0 spiro atoms. The molecule has 0 unspecified atom stereocenters. The molecular weight excluding hydrogens is 431 g/mol. The van der Waals surface area contributed by atoms with Gasteiger partial charge in [-0.25, -0.2) is 4.39 Å². The highest BCUT2D eigenvalue weighted by Gasteiger charge is 2.13. The molecule has 2 N–H and O–H groups in total. The standard InChI is InChI=1S/C25H26ClFN2O3/c1-16(2)25(30)29-21-10-8-20(9-11-21)28-14-18-12-22(26)24(23(13-18)31-3)32-15-17-4-6-19(27)7-5-17/h4-13,16,28H,14-15H2,1-3H3,(H,29,30). The van der Waals surface area contributed by atoms with Crippen molar-refractivity contribution >= 4 is 28.9 Å². The summed E-state index contributed by atoms with van der Waals surface area (Å²) in [5.74, 6) is 0.566. The number of hydrogen-bond acceptors (Lipinski definition) is 4. The lowest BCUT2D eigenvalue weighted by Crippen LogP contribution is -2.17. The lowest BCUT2D eigenvalue weighted by atomic mass is 10.1. The molecule has 0 atom stereocenters. The molecule has 168 valence electrons. The highest BCUT2D eigenvalue weighted by Crippen LogP contribution is 2.37. The van der Waals surface area contributed by atoms with Crippen LogP contribution < -0.4 is 20.1 Å². The summed E-state index contributed by atoms with van der Waals surface area (Å²) in [5.41, 5.74) is 3.39. The third-order valence-electron chi connectivity index (χ3n) is 4.76. The Bertz CT molecular complexity index is 1050. The van der Waals surface area contributed by atoms with Gasteiger partial charge in [-0.15, -0.1) is 0 Å². The van der Waals surface area contributed by atoms with Crippen molar-refractivity contribution in [3.63, 3.8) is 0 Å². The van der Waals surface area contributed by atoms with Crippen LogP contribution in [0.1, 0.15) is 25.0 Å². The molecule has 0 bridgehead atoms. The van der Waals surface area contributed by atoms with Gasteiger partial charge in [0.1, 0.15) is 12.4 Å². The fourth-order valence-corrected chi connectivity index (χ4v) is 3.20. The molecule has 0 aliphatic heterocycles. The van der Waals surface area contributed by atoms with E-state index < -0.39 is 0 Å². The zero-order chi connectivity index (χ0) is 23.1. The lowest BCUT2D eigenvalue weighted by molar-refractivity contribution is -0.118. The van der Waals surface area contributed by atoms with Gasteiger partial charge in [-0.1, -0.05) is 37.6 Å². The van der Waals surface area contributed by atoms with Crippen LogP contribution >= 0.6 is 11.6 Å². The number of methoxy groups -OCH3 is 1. The van der Waals surface area contributed by atoms with Crippen molar-refractivity contribution in [2.45, 2.75) is 27.0 Å². The van der Waals surface area contributed by atoms with E-state index >= 15 is 0 Å². The largest absolute Gasteiger partial charge is 0.493 e. The summed E-state index contributed by atoms with van der Waals surface area (Å²) >= 11 is 6.45. The number of hydrogen-bond donors (Lipinski definition) is 2. The van der Waals surface area contributed by atoms with Gasteiger partial charge in [-0.2, -0.15) is 0 Å². The first-order chi connectivity index (χ1) is 15.4. The Morgan fingerprint density at radius 3 is 2.28 bits per heavy atom. The summed E-state index contributed by atoms with van der Waals surface area (Å²) in [6.07, 6.45) is 0. The second-order valence-corrected chi connectivity index (χ2v) is 8.01. The molecule has 0 saturated heterocycles. The number of anilines is 2. The van der Waals surface area contributed by atoms with E-state index in [9.17, 15) is 9.18 Å². The Morgan fingerprint density at radius 1 is 1.00 bits per heavy atom. The molecule has 3 aromatic rings. The van der Waals surface area contributed by atoms with Crippen molar-refractivity contribution < 1.29 is 18.7 Å². The number of rotatable bonds is 9. The van der Waals surface area contributed by atoms with Crippen molar-refractivity contribution in [2.75, 3.05) is 17.7 Å². The zero-order valence-electron chi connectivity index (χ0n) is 18.2. The lowest BCUT2D eigenvalue weighted by Gasteiger charge is -2.15. The third kappa shape index (κ3) is 6.37. The smallest absolute Gasteiger partial charge is 0.226 e. The maximum Gasteiger partial charge on any atom is 0.226 e. The monoisotopic (exact) mass is 456 g/mol. The summed E-state index contributed by atoms with van der Waals surface area (Å²) in [6.45, 7) is 4.47. The van der Waals surface area contributed by atoms with Crippen molar-refractivity contribution in [1.29, 1.82) is 0 Å². The van der Waals surface area contributed by atoms with Gasteiger partial charge in [0.2, 0.25) is 5.91 Å². The average molecular weight is 457 g/mol. The van der Waals surface area contributed by atoms with Gasteiger partial charge in [-0.3, -0.25) is 4.79 Å². The number of carbonyl (C=O) groups is 1. The van der Waals surface area contributed by atoms with Gasteiger partial charge in [-0.05, 0) is 59.7 Å². The van der Waals surface area contributed by atoms with E-state index in [0.717, 1.165) is 22.5 Å². The van der Waals surface area contributed by atoms with Gasteiger partial charge >= 0.3 is 0 Å². The van der Waals surface area contributed by atoms with Crippen LogP contribution in [-0.4, -0.2) is 13.0 Å². The molecule has 32 heavy (non-hydrogen) atoms. The zero-order valence-corrected chi connectivity index (χ0v) is 19.0. The van der Waals surface area contributed by atoms with Crippen LogP contribution in [0.3, 0.4) is 0 Å². The van der Waals surface area contributed by atoms with Crippen molar-refractivity contribution in [2.24, 2.45) is 5.92 Å². The van der Waals surface area contributed by atoms with Gasteiger partial charge < -0.3 is 20.1 Å². The SMILES string of the molecule is COc1cc(CNc2ccc(NC(=O)C(C)C)cc2)cc(Cl)c1OCc1ccc(F)cc1. The topological polar surface area (TPSA) is 59.6 Å². The molecular formula is C25H26ClFN2O3. The van der Waals surface area contributed by atoms with Crippen LogP contribution in [0, 0.1) is 11.7 Å². The summed E-state index contributed by atoms with van der Waals surface area (Å²) in [4.78, 5) is 11.8. The minimum absolute atomic E-state index is 0.0193. The molecule has 1 amide bonds. The second kappa shape index (κ2) is 10.9. The van der Waals surface area contributed by atoms with E-state index in [1.807, 2.05) is 50.2 Å². The fourth-order valence-electron chi connectivity index (χ4n) is 2.91. The number of amides is 1. The Kier molecular flexibility index (Phi) is 7.95. The van der Waals surface area contributed by atoms with E-state index in [2.05, 4.69) is 10.6 Å². The first-order valence-corrected chi connectivity index (χ1v) is 10.6. The van der Waals surface area contributed by atoms with Gasteiger partial charge in [0.05, 0.1) is 12.1 Å². The third-order valence-corrected chi connectivity index (χ3v) is 5.04. The minimum Gasteiger partial charge on any atom is -0.493 e. The van der Waals surface area contributed by atoms with Gasteiger partial charge in [0.15, 0.2) is 11.5 Å². The molecule has 0 radical (unpaired) electrons. The van der Waals surface area contributed by atoms with E-state index in [1.165, 1.54) is 12.1 Å². The van der Waals surface area contributed by atoms with Crippen LogP contribution in [0.15, 0.2) is 60.7 Å². The van der Waals surface area contributed by atoms with E-state index in [0.29, 0.717) is 23.1 Å². The molecule has 0 aliphatic rings. The summed E-state index contributed by atoms with van der Waals surface area (Å²) < 4.78 is 24.4. The molecule has 0 fully saturated rings. The Balaban J connectivity index is 1.62. The number of carbonyl (C=O) groups excluding carboxylic acids is 1. The highest BCUT2D eigenvalue weighted by atomic mass is 35.5. The predicted molar refractivity (Wildman–Crippen MR) is 126 cm³/mol. The minimum atomic E-state index is -0.295. The molecule has 0 saturated carbocycles. The summed E-state index contributed by atoms with van der Waals surface area (Å²) in [7, 11) is 1.55. The number of benzene rings is 3. The first-order valence-electron chi connectivity index (χ1n) is 10.2. The van der Waals surface area contributed by atoms with Gasteiger partial charge in [0.25, 0.3) is 0 Å². The van der Waals surface area contributed by atoms with E-state index in [4.69, 9.17) is 21.1 Å². The van der Waals surface area contributed by atoms with E-state index in [1.54, 1.807) is 19.2 Å². The Labute approximate surface area is 192 Å². The molecule has 3 aromatic carbocycles. The summed E-state index contributed by atoms with van der Waals surface area (Å²) in [6, 6.07) is 17.3. The molecule has 0 aliphatic carbocycles. The predicted octanol–water partition coefficient (Wildman–Crippen LogP) is 6.27. The van der Waals surface area contributed by atoms with Gasteiger partial charge in [0, 0.05) is 23.8 Å². The van der Waals surface area contributed by atoms with Crippen molar-refractivity contribution in [3.05, 3.63) is 82.6 Å². The number of nitrogens with one attached hydrogen (secondary N) is 2. The van der Waals surface area contributed by atoms with Crippen LogP contribution in [0.4, 0.5) is 15.8 Å². The Hall–Kier alpha value is -3.25. The number of halogens is 2. The first kappa shape index (κ1) is 23.4.